The number of nitrogens with two attached hydrogens (primary N) is 1. The van der Waals surface area contributed by atoms with E-state index in [1.165, 1.54) is 3.57 Å². The minimum atomic E-state index is 0. The van der Waals surface area contributed by atoms with Gasteiger partial charge in [0, 0.05) is 28.4 Å². The van der Waals surface area contributed by atoms with Gasteiger partial charge in [-0.05, 0) is 66.1 Å². The second-order valence-corrected chi connectivity index (χ2v) is 6.37. The second kappa shape index (κ2) is 8.17. The highest BCUT2D eigenvalue weighted by atomic mass is 127. The number of carbonyl (C=O) groups excluding carboxylic acids is 1. The van der Waals surface area contributed by atoms with Crippen molar-refractivity contribution in [1.82, 2.24) is 4.90 Å². The smallest absolute Gasteiger partial charge is 0.238 e. The van der Waals surface area contributed by atoms with E-state index < -0.39 is 0 Å². The highest BCUT2D eigenvalue weighted by Gasteiger charge is 2.18. The summed E-state index contributed by atoms with van der Waals surface area (Å²) >= 11 is 2.27. The Morgan fingerprint density at radius 2 is 2.10 bits per heavy atom. The predicted molar refractivity (Wildman–Crippen MR) is 93.4 cm³/mol. The van der Waals surface area contributed by atoms with E-state index in [0.717, 1.165) is 37.2 Å². The van der Waals surface area contributed by atoms with Crippen LogP contribution in [0, 0.1) is 10.5 Å². The third kappa shape index (κ3) is 5.20. The van der Waals surface area contributed by atoms with Gasteiger partial charge in [-0.2, -0.15) is 0 Å². The molecule has 0 bridgehead atoms. The molecule has 4 nitrogen and oxygen atoms in total. The van der Waals surface area contributed by atoms with Gasteiger partial charge in [0.2, 0.25) is 5.91 Å². The summed E-state index contributed by atoms with van der Waals surface area (Å²) in [5, 5.41) is 2.98. The number of likely N-dealkylation sites (tertiary alicyclic amines) is 1. The third-order valence-corrected chi connectivity index (χ3v) is 4.13. The van der Waals surface area contributed by atoms with Crippen molar-refractivity contribution >= 4 is 46.6 Å². The van der Waals surface area contributed by atoms with Gasteiger partial charge < -0.3 is 11.1 Å². The molecule has 1 fully saturated rings. The van der Waals surface area contributed by atoms with Gasteiger partial charge in [-0.1, -0.05) is 0 Å². The van der Waals surface area contributed by atoms with Crippen LogP contribution in [-0.2, 0) is 4.79 Å². The van der Waals surface area contributed by atoms with E-state index >= 15 is 0 Å². The van der Waals surface area contributed by atoms with Crippen LogP contribution >= 0.6 is 35.0 Å². The number of amides is 1. The predicted octanol–water partition coefficient (Wildman–Crippen LogP) is 2.38. The van der Waals surface area contributed by atoms with Crippen LogP contribution in [0.3, 0.4) is 0 Å². The topological polar surface area (TPSA) is 58.4 Å². The zero-order valence-corrected chi connectivity index (χ0v) is 14.5. The number of hydrogen-bond donors (Lipinski definition) is 2. The standard InChI is InChI=1S/C14H20IN3O.ClH/c1-10-8-11(15)2-3-13(10)17-14(19)9-18-6-4-12(16)5-7-18;/h2-3,8,12H,4-7,9,16H2,1H3,(H,17,19);1H. The summed E-state index contributed by atoms with van der Waals surface area (Å²) < 4.78 is 1.18. The molecule has 0 aromatic heterocycles. The van der Waals surface area contributed by atoms with Crippen molar-refractivity contribution in [2.75, 3.05) is 25.0 Å². The number of benzene rings is 1. The van der Waals surface area contributed by atoms with Gasteiger partial charge in [-0.15, -0.1) is 12.4 Å². The summed E-state index contributed by atoms with van der Waals surface area (Å²) in [4.78, 5) is 14.2. The van der Waals surface area contributed by atoms with Crippen molar-refractivity contribution < 1.29 is 4.79 Å². The number of nitrogens with one attached hydrogen (secondary N) is 1. The van der Waals surface area contributed by atoms with Gasteiger partial charge in [0.15, 0.2) is 0 Å². The Labute approximate surface area is 140 Å². The number of rotatable bonds is 3. The van der Waals surface area contributed by atoms with Crippen molar-refractivity contribution in [2.24, 2.45) is 5.73 Å². The fourth-order valence-corrected chi connectivity index (χ4v) is 2.92. The fourth-order valence-electron chi connectivity index (χ4n) is 2.27. The van der Waals surface area contributed by atoms with Gasteiger partial charge in [0.1, 0.15) is 0 Å². The maximum Gasteiger partial charge on any atom is 0.238 e. The SMILES string of the molecule is Cc1cc(I)ccc1NC(=O)CN1CCC(N)CC1.Cl. The quantitative estimate of drug-likeness (QED) is 0.754. The Kier molecular flexibility index (Phi) is 7.22. The average molecular weight is 410 g/mol. The van der Waals surface area contributed by atoms with Crippen LogP contribution in [0.1, 0.15) is 18.4 Å². The molecule has 20 heavy (non-hydrogen) atoms. The van der Waals surface area contributed by atoms with Crippen molar-refractivity contribution in [3.8, 4) is 0 Å². The van der Waals surface area contributed by atoms with E-state index in [9.17, 15) is 4.79 Å². The fraction of sp³-hybridized carbons (Fsp3) is 0.500. The van der Waals surface area contributed by atoms with E-state index in [-0.39, 0.29) is 18.3 Å². The molecule has 0 aliphatic carbocycles. The van der Waals surface area contributed by atoms with Crippen LogP contribution in [0.4, 0.5) is 5.69 Å². The van der Waals surface area contributed by atoms with Crippen LogP contribution in [0.5, 0.6) is 0 Å². The third-order valence-electron chi connectivity index (χ3n) is 3.46. The van der Waals surface area contributed by atoms with E-state index in [1.54, 1.807) is 0 Å². The van der Waals surface area contributed by atoms with Crippen LogP contribution in [0.25, 0.3) is 0 Å². The number of anilines is 1. The lowest BCUT2D eigenvalue weighted by Gasteiger charge is -2.29. The van der Waals surface area contributed by atoms with E-state index in [1.807, 2.05) is 19.1 Å². The van der Waals surface area contributed by atoms with Gasteiger partial charge in [-0.3, -0.25) is 9.69 Å². The summed E-state index contributed by atoms with van der Waals surface area (Å²) in [7, 11) is 0. The van der Waals surface area contributed by atoms with E-state index in [0.29, 0.717) is 12.6 Å². The van der Waals surface area contributed by atoms with Gasteiger partial charge in [0.25, 0.3) is 0 Å². The molecule has 0 unspecified atom stereocenters. The maximum absolute atomic E-state index is 12.0. The number of halogens is 2. The van der Waals surface area contributed by atoms with Gasteiger partial charge in [-0.25, -0.2) is 0 Å². The first-order valence-electron chi connectivity index (χ1n) is 6.58. The molecule has 1 heterocycles. The lowest BCUT2D eigenvalue weighted by Crippen LogP contribution is -2.43. The molecular weight excluding hydrogens is 389 g/mol. The molecule has 1 aromatic carbocycles. The molecule has 1 saturated heterocycles. The first-order valence-corrected chi connectivity index (χ1v) is 7.66. The molecule has 0 spiro atoms. The molecule has 1 aromatic rings. The second-order valence-electron chi connectivity index (χ2n) is 5.12. The highest BCUT2D eigenvalue weighted by molar-refractivity contribution is 14.1. The first-order chi connectivity index (χ1) is 9.04. The van der Waals surface area contributed by atoms with Crippen molar-refractivity contribution in [3.05, 3.63) is 27.3 Å². The molecular formula is C14H21ClIN3O. The van der Waals surface area contributed by atoms with Crippen molar-refractivity contribution in [3.63, 3.8) is 0 Å². The minimum absolute atomic E-state index is 0. The van der Waals surface area contributed by atoms with Crippen LogP contribution < -0.4 is 11.1 Å². The number of nitrogens with zero attached hydrogens (tertiary/aromatic N) is 1. The molecule has 2 rings (SSSR count). The Balaban J connectivity index is 0.00000200. The largest absolute Gasteiger partial charge is 0.328 e. The Morgan fingerprint density at radius 1 is 1.45 bits per heavy atom. The summed E-state index contributed by atoms with van der Waals surface area (Å²) in [6, 6.07) is 6.33. The monoisotopic (exact) mass is 409 g/mol. The molecule has 1 amide bonds. The molecule has 0 atom stereocenters. The maximum atomic E-state index is 12.0. The highest BCUT2D eigenvalue weighted by Crippen LogP contribution is 2.17. The number of piperidine rings is 1. The van der Waals surface area contributed by atoms with Gasteiger partial charge >= 0.3 is 0 Å². The van der Waals surface area contributed by atoms with Crippen LogP contribution in [0.2, 0.25) is 0 Å². The van der Waals surface area contributed by atoms with E-state index in [2.05, 4.69) is 38.9 Å². The average Bonchev–Trinajstić information content (AvgIpc) is 2.36. The van der Waals surface area contributed by atoms with Gasteiger partial charge in [0.05, 0.1) is 6.54 Å². The molecule has 0 radical (unpaired) electrons. The molecule has 3 N–H and O–H groups in total. The zero-order valence-electron chi connectivity index (χ0n) is 11.6. The van der Waals surface area contributed by atoms with Crippen molar-refractivity contribution in [2.45, 2.75) is 25.8 Å². The number of aryl methyl sites for hydroxylation is 1. The van der Waals surface area contributed by atoms with Crippen LogP contribution in [-0.4, -0.2) is 36.5 Å². The molecule has 0 saturated carbocycles. The normalized spacial score (nSPS) is 16.6. The Bertz CT molecular complexity index is 462. The molecule has 6 heteroatoms. The first kappa shape index (κ1) is 17.7. The van der Waals surface area contributed by atoms with Crippen LogP contribution in [0.15, 0.2) is 18.2 Å². The number of carbonyl (C=O) groups is 1. The molecule has 1 aliphatic heterocycles. The number of hydrogen-bond acceptors (Lipinski definition) is 3. The Morgan fingerprint density at radius 3 is 2.70 bits per heavy atom. The summed E-state index contributed by atoms with van der Waals surface area (Å²) in [5.41, 5.74) is 7.86. The Hall–Kier alpha value is -0.370. The van der Waals surface area contributed by atoms with Crippen molar-refractivity contribution in [1.29, 1.82) is 0 Å². The summed E-state index contributed by atoms with van der Waals surface area (Å²) in [5.74, 6) is 0.0554. The minimum Gasteiger partial charge on any atom is -0.328 e. The summed E-state index contributed by atoms with van der Waals surface area (Å²) in [6.45, 7) is 4.30. The zero-order chi connectivity index (χ0) is 13.8. The molecule has 112 valence electrons. The molecule has 1 aliphatic rings. The summed E-state index contributed by atoms with van der Waals surface area (Å²) in [6.07, 6.45) is 1.96. The lowest BCUT2D eigenvalue weighted by atomic mass is 10.1. The van der Waals surface area contributed by atoms with E-state index in [4.69, 9.17) is 5.73 Å². The lowest BCUT2D eigenvalue weighted by molar-refractivity contribution is -0.117.